The van der Waals surface area contributed by atoms with Crippen molar-refractivity contribution in [3.63, 3.8) is 0 Å². The summed E-state index contributed by atoms with van der Waals surface area (Å²) in [5, 5.41) is 2.91. The highest BCUT2D eigenvalue weighted by Gasteiger charge is 2.31. The Labute approximate surface area is 167 Å². The van der Waals surface area contributed by atoms with Gasteiger partial charge in [-0.25, -0.2) is 0 Å². The normalized spacial score (nSPS) is 11.9. The average Bonchev–Trinajstić information content (AvgIpc) is 2.71. The summed E-state index contributed by atoms with van der Waals surface area (Å²) in [6.07, 6.45) is 0.463. The van der Waals surface area contributed by atoms with Crippen LogP contribution < -0.4 is 5.32 Å². The van der Waals surface area contributed by atoms with E-state index >= 15 is 0 Å². The molecule has 0 heterocycles. The van der Waals surface area contributed by atoms with Crippen molar-refractivity contribution >= 4 is 11.8 Å². The van der Waals surface area contributed by atoms with E-state index in [1.807, 2.05) is 74.5 Å². The molecule has 5 nitrogen and oxygen atoms in total. The van der Waals surface area contributed by atoms with Crippen molar-refractivity contribution in [3.05, 3.63) is 71.8 Å². The fraction of sp³-hybridized carbons (Fsp3) is 0.391. The van der Waals surface area contributed by atoms with Crippen LogP contribution in [0.25, 0.3) is 0 Å². The van der Waals surface area contributed by atoms with Crippen LogP contribution in [-0.4, -0.2) is 43.0 Å². The van der Waals surface area contributed by atoms with Gasteiger partial charge in [-0.3, -0.25) is 9.59 Å². The van der Waals surface area contributed by atoms with E-state index in [4.69, 9.17) is 4.74 Å². The second-order valence-corrected chi connectivity index (χ2v) is 7.10. The molecule has 2 amide bonds. The number of rotatable bonds is 10. The zero-order valence-electron chi connectivity index (χ0n) is 16.9. The van der Waals surface area contributed by atoms with E-state index in [0.29, 0.717) is 26.1 Å². The van der Waals surface area contributed by atoms with Crippen LogP contribution in [0.1, 0.15) is 25.0 Å². The van der Waals surface area contributed by atoms with Crippen LogP contribution in [0.3, 0.4) is 0 Å². The largest absolute Gasteiger partial charge is 0.383 e. The number of nitrogens with one attached hydrogen (secondary N) is 1. The molecule has 1 N–H and O–H groups in total. The first-order valence-electron chi connectivity index (χ1n) is 9.68. The monoisotopic (exact) mass is 382 g/mol. The van der Waals surface area contributed by atoms with Gasteiger partial charge in [0.1, 0.15) is 6.04 Å². The maximum absolute atomic E-state index is 13.0. The van der Waals surface area contributed by atoms with Crippen LogP contribution in [0.5, 0.6) is 0 Å². The highest BCUT2D eigenvalue weighted by atomic mass is 16.5. The molecule has 1 unspecified atom stereocenters. The van der Waals surface area contributed by atoms with Crippen LogP contribution in [-0.2, 0) is 27.3 Å². The molecule has 0 radical (unpaired) electrons. The van der Waals surface area contributed by atoms with Gasteiger partial charge in [-0.2, -0.15) is 0 Å². The van der Waals surface area contributed by atoms with Crippen LogP contribution in [0.4, 0.5) is 0 Å². The summed E-state index contributed by atoms with van der Waals surface area (Å²) in [4.78, 5) is 27.8. The third-order valence-electron chi connectivity index (χ3n) is 4.53. The molecule has 150 valence electrons. The van der Waals surface area contributed by atoms with Gasteiger partial charge in [0, 0.05) is 32.5 Å². The third kappa shape index (κ3) is 6.50. The summed E-state index contributed by atoms with van der Waals surface area (Å²) >= 11 is 0. The van der Waals surface area contributed by atoms with E-state index in [2.05, 4.69) is 5.32 Å². The molecule has 0 aromatic heterocycles. The fourth-order valence-electron chi connectivity index (χ4n) is 3.03. The number of methoxy groups -OCH3 is 1. The van der Waals surface area contributed by atoms with E-state index in [1.54, 1.807) is 12.0 Å². The van der Waals surface area contributed by atoms with Gasteiger partial charge in [0.25, 0.3) is 0 Å². The first-order chi connectivity index (χ1) is 13.5. The minimum atomic E-state index is -0.589. The average molecular weight is 383 g/mol. The second-order valence-electron chi connectivity index (χ2n) is 7.10. The Morgan fingerprint density at radius 2 is 1.54 bits per heavy atom. The number of carbonyl (C=O) groups excluding carboxylic acids is 2. The topological polar surface area (TPSA) is 58.6 Å². The zero-order valence-corrected chi connectivity index (χ0v) is 16.9. The van der Waals surface area contributed by atoms with Gasteiger partial charge in [-0.1, -0.05) is 74.5 Å². The SMILES string of the molecule is COCCNC(=O)C(Cc1ccccc1)N(Cc1ccccc1)C(=O)C(C)C. The predicted octanol–water partition coefficient (Wildman–Crippen LogP) is 3.05. The minimum Gasteiger partial charge on any atom is -0.383 e. The molecule has 2 rings (SSSR count). The van der Waals surface area contributed by atoms with Crippen molar-refractivity contribution in [1.29, 1.82) is 0 Å². The minimum absolute atomic E-state index is 0.0355. The number of carbonyl (C=O) groups is 2. The van der Waals surface area contributed by atoms with Crippen molar-refractivity contribution in [1.82, 2.24) is 10.2 Å². The Bertz CT molecular complexity index is 732. The van der Waals surface area contributed by atoms with E-state index < -0.39 is 6.04 Å². The molecule has 2 aromatic carbocycles. The molecule has 0 aliphatic rings. The van der Waals surface area contributed by atoms with Gasteiger partial charge in [-0.15, -0.1) is 0 Å². The molecule has 0 fully saturated rings. The van der Waals surface area contributed by atoms with Gasteiger partial charge in [-0.05, 0) is 11.1 Å². The molecule has 0 saturated carbocycles. The highest BCUT2D eigenvalue weighted by Crippen LogP contribution is 2.17. The van der Waals surface area contributed by atoms with Crippen molar-refractivity contribution < 1.29 is 14.3 Å². The van der Waals surface area contributed by atoms with E-state index in [0.717, 1.165) is 11.1 Å². The zero-order chi connectivity index (χ0) is 20.4. The van der Waals surface area contributed by atoms with Crippen molar-refractivity contribution in [2.45, 2.75) is 32.9 Å². The first-order valence-corrected chi connectivity index (χ1v) is 9.68. The molecular weight excluding hydrogens is 352 g/mol. The number of hydrogen-bond donors (Lipinski definition) is 1. The molecule has 2 aromatic rings. The van der Waals surface area contributed by atoms with Crippen LogP contribution >= 0.6 is 0 Å². The third-order valence-corrected chi connectivity index (χ3v) is 4.53. The van der Waals surface area contributed by atoms with Gasteiger partial charge in [0.15, 0.2) is 0 Å². The standard InChI is InChI=1S/C23H30N2O3/c1-18(2)23(27)25(17-20-12-8-5-9-13-20)21(22(26)24-14-15-28-3)16-19-10-6-4-7-11-19/h4-13,18,21H,14-17H2,1-3H3,(H,24,26). The van der Waals surface area contributed by atoms with Crippen LogP contribution in [0, 0.1) is 5.92 Å². The Kier molecular flexibility index (Phi) is 8.69. The quantitative estimate of drug-likeness (QED) is 0.643. The number of hydrogen-bond acceptors (Lipinski definition) is 3. The number of amides is 2. The van der Waals surface area contributed by atoms with E-state index in [1.165, 1.54) is 0 Å². The first kappa shape index (κ1) is 21.6. The van der Waals surface area contributed by atoms with Crippen LogP contribution in [0.2, 0.25) is 0 Å². The number of ether oxygens (including phenoxy) is 1. The lowest BCUT2D eigenvalue weighted by Gasteiger charge is -2.32. The molecule has 0 bridgehead atoms. The predicted molar refractivity (Wildman–Crippen MR) is 111 cm³/mol. The van der Waals surface area contributed by atoms with Crippen LogP contribution in [0.15, 0.2) is 60.7 Å². The molecule has 0 aliphatic heterocycles. The summed E-state index contributed by atoms with van der Waals surface area (Å²) in [6, 6.07) is 19.0. The lowest BCUT2D eigenvalue weighted by Crippen LogP contribution is -2.52. The Hall–Kier alpha value is -2.66. The molecule has 5 heteroatoms. The maximum Gasteiger partial charge on any atom is 0.243 e. The summed E-state index contributed by atoms with van der Waals surface area (Å²) in [5.41, 5.74) is 2.02. The Balaban J connectivity index is 2.31. The van der Waals surface area contributed by atoms with E-state index in [9.17, 15) is 9.59 Å². The van der Waals surface area contributed by atoms with E-state index in [-0.39, 0.29) is 17.7 Å². The summed E-state index contributed by atoms with van der Waals surface area (Å²) < 4.78 is 5.04. The molecule has 0 spiro atoms. The Morgan fingerprint density at radius 1 is 0.964 bits per heavy atom. The molecule has 0 saturated heterocycles. The lowest BCUT2D eigenvalue weighted by atomic mass is 10.0. The molecule has 28 heavy (non-hydrogen) atoms. The summed E-state index contributed by atoms with van der Waals surface area (Å²) in [7, 11) is 1.59. The summed E-state index contributed by atoms with van der Waals surface area (Å²) in [6.45, 7) is 4.97. The summed E-state index contributed by atoms with van der Waals surface area (Å²) in [5.74, 6) is -0.397. The highest BCUT2D eigenvalue weighted by molar-refractivity contribution is 5.88. The Morgan fingerprint density at radius 3 is 2.07 bits per heavy atom. The lowest BCUT2D eigenvalue weighted by molar-refractivity contribution is -0.143. The van der Waals surface area contributed by atoms with Gasteiger partial charge >= 0.3 is 0 Å². The number of benzene rings is 2. The van der Waals surface area contributed by atoms with Crippen molar-refractivity contribution in [2.75, 3.05) is 20.3 Å². The second kappa shape index (κ2) is 11.2. The van der Waals surface area contributed by atoms with Gasteiger partial charge < -0.3 is 15.0 Å². The van der Waals surface area contributed by atoms with Crippen molar-refractivity contribution in [3.8, 4) is 0 Å². The maximum atomic E-state index is 13.0. The smallest absolute Gasteiger partial charge is 0.243 e. The molecule has 1 atom stereocenters. The van der Waals surface area contributed by atoms with Gasteiger partial charge in [0.2, 0.25) is 11.8 Å². The number of nitrogens with zero attached hydrogens (tertiary/aromatic N) is 1. The van der Waals surface area contributed by atoms with Gasteiger partial charge in [0.05, 0.1) is 6.61 Å². The molecular formula is C23H30N2O3. The molecule has 0 aliphatic carbocycles. The fourth-order valence-corrected chi connectivity index (χ4v) is 3.03. The van der Waals surface area contributed by atoms with Crippen molar-refractivity contribution in [2.24, 2.45) is 5.92 Å².